The number of halogens is 2. The zero-order valence-corrected chi connectivity index (χ0v) is 43.2. The molecule has 2 N–H and O–H groups in total. The Kier molecular flexibility index (Phi) is 15.3. The lowest BCUT2D eigenvalue weighted by Gasteiger charge is -2.37. The van der Waals surface area contributed by atoms with Crippen molar-refractivity contribution in [3.63, 3.8) is 0 Å². The molecule has 72 heavy (non-hydrogen) atoms. The average Bonchev–Trinajstić information content (AvgIpc) is 4.04. The van der Waals surface area contributed by atoms with Crippen molar-refractivity contribution < 1.29 is 37.5 Å². The van der Waals surface area contributed by atoms with Crippen molar-refractivity contribution in [3.8, 4) is 34.2 Å². The number of pyridine rings is 1. The largest absolute Gasteiger partial charge is 0.464 e. The van der Waals surface area contributed by atoms with Gasteiger partial charge in [-0.1, -0.05) is 77.8 Å². The maximum absolute atomic E-state index is 14.8. The molecule has 4 aliphatic heterocycles. The Morgan fingerprint density at radius 2 is 1.78 bits per heavy atom. The molecular formula is C56H70F2N8O6. The molecule has 4 aromatic rings. The van der Waals surface area contributed by atoms with Gasteiger partial charge in [-0.05, 0) is 104 Å². The molecule has 3 saturated heterocycles. The van der Waals surface area contributed by atoms with Crippen LogP contribution >= 0.6 is 0 Å². The second-order valence-corrected chi connectivity index (χ2v) is 21.8. The van der Waals surface area contributed by atoms with Crippen molar-refractivity contribution in [1.29, 1.82) is 0 Å². The molecule has 0 radical (unpaired) electrons. The monoisotopic (exact) mass is 989 g/mol. The summed E-state index contributed by atoms with van der Waals surface area (Å²) in [5, 5.41) is 5.55. The van der Waals surface area contributed by atoms with Gasteiger partial charge in [0.25, 0.3) is 17.7 Å². The molecule has 1 unspecified atom stereocenters. The van der Waals surface area contributed by atoms with Gasteiger partial charge in [-0.3, -0.25) is 38.9 Å². The third-order valence-corrected chi connectivity index (χ3v) is 14.8. The molecule has 16 heteroatoms. The average molecular weight is 989 g/mol. The normalized spacial score (nSPS) is 22.8. The highest BCUT2D eigenvalue weighted by molar-refractivity contribution is 5.97. The fraction of sp³-hybridized carbons (Fsp3) is 0.536. The van der Waals surface area contributed by atoms with Gasteiger partial charge in [0.2, 0.25) is 11.8 Å². The van der Waals surface area contributed by atoms with Crippen LogP contribution in [0.15, 0.2) is 60.8 Å². The number of hydrogen-bond donors (Lipinski definition) is 2. The number of ether oxygens (including phenoxy) is 1. The Balaban J connectivity index is 1.10. The van der Waals surface area contributed by atoms with Crippen LogP contribution in [0.4, 0.5) is 8.78 Å². The number of benzene rings is 2. The molecule has 6 heterocycles. The Morgan fingerprint density at radius 3 is 2.49 bits per heavy atom. The molecule has 14 nitrogen and oxygen atoms in total. The minimum Gasteiger partial charge on any atom is -0.464 e. The summed E-state index contributed by atoms with van der Waals surface area (Å²) >= 11 is 0. The molecule has 6 bridgehead atoms. The number of alkyl halides is 2. The predicted octanol–water partition coefficient (Wildman–Crippen LogP) is 6.84. The Labute approximate surface area is 422 Å². The minimum atomic E-state index is -2.87. The number of esters is 1. The zero-order chi connectivity index (χ0) is 51.8. The molecule has 2 aromatic heterocycles. The maximum Gasteiger partial charge on any atom is 0.324 e. The fourth-order valence-electron chi connectivity index (χ4n) is 11.1. The van der Waals surface area contributed by atoms with Crippen molar-refractivity contribution >= 4 is 40.5 Å². The summed E-state index contributed by atoms with van der Waals surface area (Å²) in [5.74, 6) is -0.770. The number of fused-ring (bicyclic) bond motifs is 6. The number of rotatable bonds is 8. The molecule has 0 spiro atoms. The van der Waals surface area contributed by atoms with E-state index in [0.29, 0.717) is 32.2 Å². The number of carbonyl (C=O) groups excluding carboxylic acids is 5. The number of nitrogens with one attached hydrogen (secondary N) is 2. The van der Waals surface area contributed by atoms with Crippen LogP contribution in [-0.4, -0.2) is 136 Å². The number of amides is 4. The summed E-state index contributed by atoms with van der Waals surface area (Å²) < 4.78 is 36.4. The SMILES string of the molecule is CCn1c(-c2cccnc2C(C)C)c2c3cc(ccc31)-c1cccc(c1)C[C@H](NC(=O)[C@H](C(C)C)N(C)C(=O)[C@H]1CCN(C(=O)C#CC3CC(F)(F)CN3C)C1)C(=O)N1CCC[C@H](N1)C(=O)OCC(C)(C)C2. The van der Waals surface area contributed by atoms with E-state index in [0.717, 1.165) is 56.7 Å². The third-order valence-electron chi connectivity index (χ3n) is 14.8. The van der Waals surface area contributed by atoms with Gasteiger partial charge in [0.05, 0.1) is 36.5 Å². The van der Waals surface area contributed by atoms with Crippen molar-refractivity contribution in [2.45, 2.75) is 130 Å². The summed E-state index contributed by atoms with van der Waals surface area (Å²) in [5.41, 5.74) is 10.8. The fourth-order valence-corrected chi connectivity index (χ4v) is 11.1. The smallest absolute Gasteiger partial charge is 0.324 e. The molecule has 4 aliphatic rings. The third kappa shape index (κ3) is 11.1. The van der Waals surface area contributed by atoms with Gasteiger partial charge < -0.3 is 24.4 Å². The molecule has 3 fully saturated rings. The van der Waals surface area contributed by atoms with Gasteiger partial charge in [-0.25, -0.2) is 14.2 Å². The first-order valence-corrected chi connectivity index (χ1v) is 25.5. The van der Waals surface area contributed by atoms with E-state index in [1.165, 1.54) is 19.7 Å². The standard InChI is InChI=1S/C56H70F2N8O6/c1-10-65-46-20-18-38-28-42(46)43(50(65)41-16-12-23-59-48(41)34(2)3)30-55(6,7)33-72-54(71)44-17-13-24-66(61-44)53(70)45(27-36-14-11-15-37(38)26-36)60-51(68)49(35(4)5)63(9)52(69)39-22-25-64(31-39)47(67)21-19-40-29-56(57,58)32-62(40)8/h11-12,14-16,18,20,23,26,28,34-35,39-40,44-45,49,61H,10,13,17,22,24-25,27,29-33H2,1-9H3,(H,60,68)/t39-,40?,44-,45-,49-/m0/s1. The number of cyclic esters (lactones) is 1. The number of carbonyl (C=O) groups is 5. The number of nitrogens with zero attached hydrogens (tertiary/aromatic N) is 6. The molecule has 8 rings (SSSR count). The first-order chi connectivity index (χ1) is 34.1. The summed E-state index contributed by atoms with van der Waals surface area (Å²) in [4.78, 5) is 79.8. The topological polar surface area (TPSA) is 149 Å². The number of aromatic nitrogens is 2. The van der Waals surface area contributed by atoms with E-state index in [1.807, 2.05) is 50.4 Å². The molecule has 384 valence electrons. The van der Waals surface area contributed by atoms with Gasteiger partial charge in [0.1, 0.15) is 18.1 Å². The van der Waals surface area contributed by atoms with Crippen LogP contribution in [0.5, 0.6) is 0 Å². The van der Waals surface area contributed by atoms with Gasteiger partial charge in [-0.15, -0.1) is 0 Å². The zero-order valence-electron chi connectivity index (χ0n) is 43.2. The highest BCUT2D eigenvalue weighted by atomic mass is 19.3. The van der Waals surface area contributed by atoms with E-state index < -0.39 is 78.1 Å². The van der Waals surface area contributed by atoms with Crippen LogP contribution in [0.25, 0.3) is 33.3 Å². The second-order valence-electron chi connectivity index (χ2n) is 21.8. The van der Waals surface area contributed by atoms with Crippen molar-refractivity contribution in [1.82, 2.24) is 40.0 Å². The van der Waals surface area contributed by atoms with Crippen LogP contribution in [0.2, 0.25) is 0 Å². The predicted molar refractivity (Wildman–Crippen MR) is 272 cm³/mol. The number of hydrogen-bond acceptors (Lipinski definition) is 9. The first kappa shape index (κ1) is 52.2. The van der Waals surface area contributed by atoms with Crippen LogP contribution in [0.1, 0.15) is 96.9 Å². The lowest BCUT2D eigenvalue weighted by atomic mass is 9.83. The highest BCUT2D eigenvalue weighted by Gasteiger charge is 2.43. The molecule has 5 atom stereocenters. The highest BCUT2D eigenvalue weighted by Crippen LogP contribution is 2.42. The molecule has 0 saturated carbocycles. The van der Waals surface area contributed by atoms with Crippen molar-refractivity contribution in [2.75, 3.05) is 46.9 Å². The van der Waals surface area contributed by atoms with Crippen LogP contribution in [0, 0.1) is 29.1 Å². The molecule has 4 amide bonds. The summed E-state index contributed by atoms with van der Waals surface area (Å²) in [6.45, 7) is 15.4. The van der Waals surface area contributed by atoms with E-state index >= 15 is 0 Å². The number of likely N-dealkylation sites (N-methyl/N-ethyl adjacent to an activating group) is 1. The second kappa shape index (κ2) is 21.1. The minimum absolute atomic E-state index is 0.0718. The van der Waals surface area contributed by atoms with E-state index in [4.69, 9.17) is 9.72 Å². The van der Waals surface area contributed by atoms with Crippen LogP contribution < -0.4 is 10.7 Å². The number of aryl methyl sites for hydroxylation is 1. The first-order valence-electron chi connectivity index (χ1n) is 25.5. The van der Waals surface area contributed by atoms with Crippen LogP contribution in [-0.2, 0) is 48.1 Å². The van der Waals surface area contributed by atoms with E-state index in [-0.39, 0.29) is 43.9 Å². The Bertz CT molecular complexity index is 2790. The maximum atomic E-state index is 14.8. The Hall–Kier alpha value is -6.18. The van der Waals surface area contributed by atoms with E-state index in [1.54, 1.807) is 14.1 Å². The molecule has 0 aliphatic carbocycles. The van der Waals surface area contributed by atoms with Gasteiger partial charge >= 0.3 is 5.97 Å². The van der Waals surface area contributed by atoms with Crippen molar-refractivity contribution in [3.05, 3.63) is 77.6 Å². The summed E-state index contributed by atoms with van der Waals surface area (Å²) in [6.07, 6.45) is 3.43. The van der Waals surface area contributed by atoms with E-state index in [2.05, 4.69) is 86.0 Å². The lowest BCUT2D eigenvalue weighted by Crippen LogP contribution is -2.62. The van der Waals surface area contributed by atoms with Crippen LogP contribution in [0.3, 0.4) is 0 Å². The van der Waals surface area contributed by atoms with Gasteiger partial charge in [0.15, 0.2) is 0 Å². The van der Waals surface area contributed by atoms with E-state index in [9.17, 15) is 32.8 Å². The number of hydrazine groups is 1. The Morgan fingerprint density at radius 1 is 1.01 bits per heavy atom. The van der Waals surface area contributed by atoms with Gasteiger partial charge in [0, 0.05) is 74.1 Å². The lowest BCUT2D eigenvalue weighted by molar-refractivity contribution is -0.155. The molecule has 2 aromatic carbocycles. The van der Waals surface area contributed by atoms with Crippen molar-refractivity contribution in [2.24, 2.45) is 17.3 Å². The summed E-state index contributed by atoms with van der Waals surface area (Å²) in [7, 11) is 3.11. The number of likely N-dealkylation sites (tertiary alicyclic amines) is 2. The molecular weight excluding hydrogens is 919 g/mol. The van der Waals surface area contributed by atoms with Gasteiger partial charge in [-0.2, -0.15) is 0 Å². The quantitative estimate of drug-likeness (QED) is 0.143. The summed E-state index contributed by atoms with van der Waals surface area (Å²) in [6, 6.07) is 15.0.